The second kappa shape index (κ2) is 10.9. The van der Waals surface area contributed by atoms with Gasteiger partial charge in [0.1, 0.15) is 5.70 Å². The normalized spacial score (nSPS) is 14.0. The molecule has 43 heavy (non-hydrogen) atoms. The lowest BCUT2D eigenvalue weighted by Gasteiger charge is -2.16. The predicted molar refractivity (Wildman–Crippen MR) is 155 cm³/mol. The molecular weight excluding hydrogens is 559 g/mol. The summed E-state index contributed by atoms with van der Waals surface area (Å²) in [6, 6.07) is 21.4. The van der Waals surface area contributed by atoms with Gasteiger partial charge in [0.15, 0.2) is 0 Å². The van der Waals surface area contributed by atoms with E-state index in [1.54, 1.807) is 17.0 Å². The number of imide groups is 1. The molecule has 6 rings (SSSR count). The summed E-state index contributed by atoms with van der Waals surface area (Å²) in [5, 5.41) is 1.60. The van der Waals surface area contributed by atoms with E-state index in [-0.39, 0.29) is 36.0 Å². The molecule has 7 nitrogen and oxygen atoms in total. The first-order valence-corrected chi connectivity index (χ1v) is 13.7. The molecule has 5 aromatic rings. The molecular formula is C33H26F3N3O4. The van der Waals surface area contributed by atoms with E-state index in [4.69, 9.17) is 4.74 Å². The average Bonchev–Trinajstić information content (AvgIpc) is 3.63. The van der Waals surface area contributed by atoms with Gasteiger partial charge >= 0.3 is 12.1 Å². The van der Waals surface area contributed by atoms with Crippen LogP contribution < -0.4 is 0 Å². The fourth-order valence-electron chi connectivity index (χ4n) is 5.56. The zero-order valence-electron chi connectivity index (χ0n) is 23.1. The van der Waals surface area contributed by atoms with Crippen molar-refractivity contribution in [2.24, 2.45) is 0 Å². The number of amides is 2. The molecule has 1 aliphatic rings. The molecule has 1 aliphatic heterocycles. The Hall–Kier alpha value is -5.12. The van der Waals surface area contributed by atoms with E-state index in [1.165, 1.54) is 19.1 Å². The maximum atomic E-state index is 14.2. The smallest absolute Gasteiger partial charge is 0.416 e. The summed E-state index contributed by atoms with van der Waals surface area (Å²) in [4.78, 5) is 40.5. The molecule has 0 unspecified atom stereocenters. The molecule has 0 aliphatic carbocycles. The molecule has 3 heterocycles. The monoisotopic (exact) mass is 585 g/mol. The average molecular weight is 586 g/mol. The number of hydrogen-bond acceptors (Lipinski definition) is 4. The maximum absolute atomic E-state index is 14.2. The zero-order chi connectivity index (χ0) is 30.3. The van der Waals surface area contributed by atoms with Gasteiger partial charge in [0, 0.05) is 42.3 Å². The van der Waals surface area contributed by atoms with Crippen molar-refractivity contribution in [3.63, 3.8) is 0 Å². The molecule has 0 fully saturated rings. The number of carbonyl (C=O) groups excluding carboxylic acids is 3. The quantitative estimate of drug-likeness (QED) is 0.118. The van der Waals surface area contributed by atoms with Crippen molar-refractivity contribution in [1.82, 2.24) is 14.0 Å². The fourth-order valence-corrected chi connectivity index (χ4v) is 5.56. The minimum absolute atomic E-state index is 0.126. The lowest BCUT2D eigenvalue weighted by atomic mass is 10.0. The second-order valence-corrected chi connectivity index (χ2v) is 10.3. The number of aryl methyl sites for hydroxylation is 1. The van der Waals surface area contributed by atoms with Crippen molar-refractivity contribution in [3.05, 3.63) is 108 Å². The number of ether oxygens (including phenoxy) is 1. The van der Waals surface area contributed by atoms with E-state index in [9.17, 15) is 27.6 Å². The Bertz CT molecular complexity index is 1930. The van der Waals surface area contributed by atoms with Crippen LogP contribution in [0, 0.1) is 0 Å². The molecule has 0 radical (unpaired) electrons. The Morgan fingerprint density at radius 2 is 1.63 bits per heavy atom. The molecule has 10 heteroatoms. The Morgan fingerprint density at radius 1 is 0.884 bits per heavy atom. The Labute approximate surface area is 244 Å². The highest BCUT2D eigenvalue weighted by Crippen LogP contribution is 2.39. The molecule has 0 spiro atoms. The van der Waals surface area contributed by atoms with Gasteiger partial charge in [-0.3, -0.25) is 19.3 Å². The van der Waals surface area contributed by atoms with Gasteiger partial charge in [-0.25, -0.2) is 0 Å². The van der Waals surface area contributed by atoms with Gasteiger partial charge in [-0.15, -0.1) is 0 Å². The van der Waals surface area contributed by atoms with E-state index in [1.807, 2.05) is 59.2 Å². The molecule has 2 amide bonds. The zero-order valence-corrected chi connectivity index (χ0v) is 23.1. The number of nitrogens with zero attached hydrogens (tertiary/aromatic N) is 3. The SMILES string of the molecule is CC(=O)OCCCn1cc(C2=C(n3ccc4ccccc43)C(=O)N(Cc3cccc(C(F)(F)F)c3)C2=O)c2ccccc21. The van der Waals surface area contributed by atoms with Crippen LogP contribution in [-0.2, 0) is 38.4 Å². The van der Waals surface area contributed by atoms with E-state index >= 15 is 0 Å². The van der Waals surface area contributed by atoms with Crippen molar-refractivity contribution in [3.8, 4) is 0 Å². The van der Waals surface area contributed by atoms with Crippen LogP contribution in [-0.4, -0.2) is 38.4 Å². The van der Waals surface area contributed by atoms with Crippen molar-refractivity contribution in [2.45, 2.75) is 32.6 Å². The lowest BCUT2D eigenvalue weighted by molar-refractivity contribution is -0.141. The standard InChI is InChI=1S/C33H26F3N3O4/c1-21(40)43-17-7-15-37-20-26(25-11-3-5-13-28(25)37)29-30(38-16-14-23-9-2-4-12-27(23)38)32(42)39(31(29)41)19-22-8-6-10-24(18-22)33(34,35)36/h2-6,8-14,16,18,20H,7,15,17,19H2,1H3. The fraction of sp³-hybridized carbons (Fsp3) is 0.182. The summed E-state index contributed by atoms with van der Waals surface area (Å²) in [7, 11) is 0. The van der Waals surface area contributed by atoms with Crippen LogP contribution in [0.15, 0.2) is 91.3 Å². The van der Waals surface area contributed by atoms with E-state index in [0.717, 1.165) is 33.3 Å². The molecule has 0 bridgehead atoms. The molecule has 3 aromatic carbocycles. The minimum atomic E-state index is -4.56. The summed E-state index contributed by atoms with van der Waals surface area (Å²) in [5.74, 6) is -1.58. The van der Waals surface area contributed by atoms with E-state index in [0.29, 0.717) is 24.0 Å². The minimum Gasteiger partial charge on any atom is -0.466 e. The maximum Gasteiger partial charge on any atom is 0.416 e. The van der Waals surface area contributed by atoms with Gasteiger partial charge in [0.25, 0.3) is 11.8 Å². The first-order valence-electron chi connectivity index (χ1n) is 13.7. The van der Waals surface area contributed by atoms with Crippen LogP contribution in [0.5, 0.6) is 0 Å². The number of hydrogen-bond donors (Lipinski definition) is 0. The highest BCUT2D eigenvalue weighted by Gasteiger charge is 2.41. The molecule has 2 aromatic heterocycles. The molecule has 0 saturated carbocycles. The molecule has 0 saturated heterocycles. The first-order chi connectivity index (χ1) is 20.6. The van der Waals surface area contributed by atoms with Crippen molar-refractivity contribution in [2.75, 3.05) is 6.61 Å². The number of rotatable bonds is 8. The van der Waals surface area contributed by atoms with Crippen LogP contribution in [0.3, 0.4) is 0 Å². The van der Waals surface area contributed by atoms with Gasteiger partial charge in [-0.1, -0.05) is 48.5 Å². The van der Waals surface area contributed by atoms with Crippen molar-refractivity contribution < 1.29 is 32.3 Å². The highest BCUT2D eigenvalue weighted by molar-refractivity contribution is 6.47. The van der Waals surface area contributed by atoms with Crippen LogP contribution in [0.1, 0.15) is 30.0 Å². The highest BCUT2D eigenvalue weighted by atomic mass is 19.4. The number of halogens is 3. The summed E-state index contributed by atoms with van der Waals surface area (Å²) in [5.41, 5.74) is 1.67. The lowest BCUT2D eigenvalue weighted by Crippen LogP contribution is -2.31. The van der Waals surface area contributed by atoms with Crippen LogP contribution in [0.2, 0.25) is 0 Å². The third-order valence-electron chi connectivity index (χ3n) is 7.49. The van der Waals surface area contributed by atoms with Crippen molar-refractivity contribution >= 4 is 50.9 Å². The number of carbonyl (C=O) groups is 3. The molecule has 0 N–H and O–H groups in total. The number of para-hydroxylation sites is 2. The van der Waals surface area contributed by atoms with Gasteiger partial charge in [-0.2, -0.15) is 13.2 Å². The van der Waals surface area contributed by atoms with Crippen LogP contribution in [0.4, 0.5) is 13.2 Å². The van der Waals surface area contributed by atoms with Gasteiger partial charge < -0.3 is 13.9 Å². The number of aromatic nitrogens is 2. The summed E-state index contributed by atoms with van der Waals surface area (Å²) < 4.78 is 49.0. The largest absolute Gasteiger partial charge is 0.466 e. The number of fused-ring (bicyclic) bond motifs is 2. The third-order valence-corrected chi connectivity index (χ3v) is 7.49. The predicted octanol–water partition coefficient (Wildman–Crippen LogP) is 6.51. The van der Waals surface area contributed by atoms with Crippen molar-refractivity contribution in [1.29, 1.82) is 0 Å². The van der Waals surface area contributed by atoms with Gasteiger partial charge in [0.05, 0.1) is 29.8 Å². The van der Waals surface area contributed by atoms with Crippen LogP contribution in [0.25, 0.3) is 33.1 Å². The van der Waals surface area contributed by atoms with Gasteiger partial charge in [0.2, 0.25) is 0 Å². The third kappa shape index (κ3) is 5.20. The first kappa shape index (κ1) is 28.0. The summed E-state index contributed by atoms with van der Waals surface area (Å²) in [6.07, 6.45) is -0.513. The Kier molecular flexibility index (Phi) is 7.13. The number of esters is 1. The Balaban J connectivity index is 1.48. The Morgan fingerprint density at radius 3 is 2.40 bits per heavy atom. The summed E-state index contributed by atoms with van der Waals surface area (Å²) >= 11 is 0. The van der Waals surface area contributed by atoms with Gasteiger partial charge in [-0.05, 0) is 47.7 Å². The summed E-state index contributed by atoms with van der Waals surface area (Å²) in [6.45, 7) is 1.73. The molecule has 218 valence electrons. The topological polar surface area (TPSA) is 73.5 Å². The second-order valence-electron chi connectivity index (χ2n) is 10.3. The number of alkyl halides is 3. The number of benzene rings is 3. The van der Waals surface area contributed by atoms with E-state index < -0.39 is 23.6 Å². The molecule has 0 atom stereocenters. The van der Waals surface area contributed by atoms with Crippen LogP contribution >= 0.6 is 0 Å². The van der Waals surface area contributed by atoms with E-state index in [2.05, 4.69) is 0 Å².